The van der Waals surface area contributed by atoms with Gasteiger partial charge in [0.05, 0.1) is 11.3 Å². The molecule has 3 heteroatoms. The number of carbonyl (C=O) groups is 1. The number of hydrogen-bond acceptors (Lipinski definition) is 2. The van der Waals surface area contributed by atoms with Gasteiger partial charge in [-0.1, -0.05) is 20.8 Å². The summed E-state index contributed by atoms with van der Waals surface area (Å²) in [5, 5.41) is 9.19. The third kappa shape index (κ3) is 2.08. The van der Waals surface area contributed by atoms with Gasteiger partial charge in [-0.25, -0.2) is 4.79 Å². The molecule has 0 unspecified atom stereocenters. The Kier molecular flexibility index (Phi) is 2.49. The summed E-state index contributed by atoms with van der Waals surface area (Å²) in [6.07, 6.45) is 3.96. The van der Waals surface area contributed by atoms with E-state index in [4.69, 9.17) is 0 Å². The molecule has 0 aromatic carbocycles. The van der Waals surface area contributed by atoms with Crippen molar-refractivity contribution < 1.29 is 9.90 Å². The number of pyridine rings is 1. The quantitative estimate of drug-likeness (QED) is 0.832. The van der Waals surface area contributed by atoms with Crippen molar-refractivity contribution in [3.63, 3.8) is 0 Å². The van der Waals surface area contributed by atoms with Crippen LogP contribution in [-0.4, -0.2) is 16.1 Å². The topological polar surface area (TPSA) is 50.2 Å². The second-order valence-electron chi connectivity index (χ2n) is 5.49. The van der Waals surface area contributed by atoms with E-state index in [9.17, 15) is 9.90 Å². The van der Waals surface area contributed by atoms with E-state index >= 15 is 0 Å². The van der Waals surface area contributed by atoms with Gasteiger partial charge in [-0.15, -0.1) is 0 Å². The largest absolute Gasteiger partial charge is 0.478 e. The molecule has 16 heavy (non-hydrogen) atoms. The maximum absolute atomic E-state index is 11.2. The number of hydrogen-bond donors (Lipinski definition) is 1. The first kappa shape index (κ1) is 11.1. The lowest BCUT2D eigenvalue weighted by molar-refractivity contribution is 0.0695. The van der Waals surface area contributed by atoms with Gasteiger partial charge in [0.15, 0.2) is 0 Å². The van der Waals surface area contributed by atoms with Crippen molar-refractivity contribution in [2.24, 2.45) is 0 Å². The van der Waals surface area contributed by atoms with Crippen LogP contribution in [0, 0.1) is 0 Å². The number of nitrogens with zero attached hydrogens (tertiary/aromatic N) is 1. The van der Waals surface area contributed by atoms with E-state index in [0.29, 0.717) is 11.5 Å². The summed E-state index contributed by atoms with van der Waals surface area (Å²) >= 11 is 0. The second kappa shape index (κ2) is 3.58. The minimum absolute atomic E-state index is 0.0563. The van der Waals surface area contributed by atoms with Crippen LogP contribution in [0.3, 0.4) is 0 Å². The highest BCUT2D eigenvalue weighted by Gasteiger charge is 2.30. The first-order valence-corrected chi connectivity index (χ1v) is 5.63. The summed E-state index contributed by atoms with van der Waals surface area (Å²) in [5.74, 6) is -0.486. The zero-order valence-corrected chi connectivity index (χ0v) is 9.95. The highest BCUT2D eigenvalue weighted by atomic mass is 16.4. The van der Waals surface area contributed by atoms with Crippen LogP contribution in [0.2, 0.25) is 0 Å². The molecule has 1 aliphatic rings. The molecule has 1 aromatic rings. The summed E-state index contributed by atoms with van der Waals surface area (Å²) in [6.45, 7) is 6.19. The van der Waals surface area contributed by atoms with E-state index in [0.717, 1.165) is 24.1 Å². The number of rotatable bonds is 2. The van der Waals surface area contributed by atoms with Gasteiger partial charge in [-0.05, 0) is 29.9 Å². The molecular weight excluding hydrogens is 202 g/mol. The summed E-state index contributed by atoms with van der Waals surface area (Å²) < 4.78 is 0. The zero-order chi connectivity index (χ0) is 11.9. The van der Waals surface area contributed by atoms with Gasteiger partial charge in [0.2, 0.25) is 0 Å². The highest BCUT2D eigenvalue weighted by Crippen LogP contribution is 2.41. The molecule has 1 heterocycles. The Morgan fingerprint density at radius 2 is 2.06 bits per heavy atom. The van der Waals surface area contributed by atoms with Gasteiger partial charge in [0.25, 0.3) is 0 Å². The molecule has 1 N–H and O–H groups in total. The molecule has 1 aliphatic carbocycles. The summed E-state index contributed by atoms with van der Waals surface area (Å²) in [7, 11) is 0. The standard InChI is InChI=1S/C13H17NO2/c1-13(2,3)9-6-10(12(15)16)11(14-7-9)8-4-5-8/h6-8H,4-5H2,1-3H3,(H,15,16). The van der Waals surface area contributed by atoms with Crippen LogP contribution in [0.25, 0.3) is 0 Å². The van der Waals surface area contributed by atoms with Crippen molar-refractivity contribution in [3.8, 4) is 0 Å². The Morgan fingerprint density at radius 1 is 1.44 bits per heavy atom. The van der Waals surface area contributed by atoms with E-state index < -0.39 is 5.97 Å². The fourth-order valence-electron chi connectivity index (χ4n) is 1.74. The Morgan fingerprint density at radius 3 is 2.50 bits per heavy atom. The van der Waals surface area contributed by atoms with Crippen LogP contribution in [0.4, 0.5) is 0 Å². The average molecular weight is 219 g/mol. The Hall–Kier alpha value is -1.38. The normalized spacial score (nSPS) is 16.2. The highest BCUT2D eigenvalue weighted by molar-refractivity contribution is 5.89. The van der Waals surface area contributed by atoms with Gasteiger partial charge in [0.1, 0.15) is 0 Å². The minimum atomic E-state index is -0.861. The van der Waals surface area contributed by atoms with Gasteiger partial charge >= 0.3 is 5.97 Å². The lowest BCUT2D eigenvalue weighted by atomic mass is 9.87. The lowest BCUT2D eigenvalue weighted by Crippen LogP contribution is -2.14. The predicted octanol–water partition coefficient (Wildman–Crippen LogP) is 2.95. The summed E-state index contributed by atoms with van der Waals surface area (Å²) in [6, 6.07) is 1.78. The molecule has 0 radical (unpaired) electrons. The van der Waals surface area contributed by atoms with Crippen LogP contribution in [0.5, 0.6) is 0 Å². The van der Waals surface area contributed by atoms with E-state index in [2.05, 4.69) is 25.8 Å². The fraction of sp³-hybridized carbons (Fsp3) is 0.538. The minimum Gasteiger partial charge on any atom is -0.478 e. The van der Waals surface area contributed by atoms with Crippen LogP contribution in [0.1, 0.15) is 61.1 Å². The molecule has 0 aliphatic heterocycles. The van der Waals surface area contributed by atoms with Crippen molar-refractivity contribution in [2.75, 3.05) is 0 Å². The van der Waals surface area contributed by atoms with Gasteiger partial charge in [-0.3, -0.25) is 4.98 Å². The summed E-state index contributed by atoms with van der Waals surface area (Å²) in [4.78, 5) is 15.5. The van der Waals surface area contributed by atoms with Crippen molar-refractivity contribution in [2.45, 2.75) is 44.9 Å². The molecule has 1 fully saturated rings. The van der Waals surface area contributed by atoms with Crippen LogP contribution in [-0.2, 0) is 5.41 Å². The Balaban J connectivity index is 2.47. The monoisotopic (exact) mass is 219 g/mol. The molecule has 2 rings (SSSR count). The Labute approximate surface area is 95.5 Å². The molecule has 86 valence electrons. The van der Waals surface area contributed by atoms with Crippen LogP contribution < -0.4 is 0 Å². The smallest absolute Gasteiger partial charge is 0.337 e. The molecule has 1 aromatic heterocycles. The van der Waals surface area contributed by atoms with E-state index in [1.54, 1.807) is 6.07 Å². The van der Waals surface area contributed by atoms with Crippen molar-refractivity contribution in [1.82, 2.24) is 4.98 Å². The van der Waals surface area contributed by atoms with Crippen molar-refractivity contribution >= 4 is 5.97 Å². The molecule has 0 bridgehead atoms. The molecule has 0 atom stereocenters. The summed E-state index contributed by atoms with van der Waals surface area (Å²) in [5.41, 5.74) is 2.07. The third-order valence-electron chi connectivity index (χ3n) is 2.98. The fourth-order valence-corrected chi connectivity index (χ4v) is 1.74. The second-order valence-corrected chi connectivity index (χ2v) is 5.49. The molecular formula is C13H17NO2. The number of aromatic nitrogens is 1. The SMILES string of the molecule is CC(C)(C)c1cnc(C2CC2)c(C(=O)O)c1. The van der Waals surface area contributed by atoms with Gasteiger partial charge < -0.3 is 5.11 Å². The first-order chi connectivity index (χ1) is 7.39. The number of carboxylic acids is 1. The maximum atomic E-state index is 11.2. The lowest BCUT2D eigenvalue weighted by Gasteiger charge is -2.19. The molecule has 0 spiro atoms. The third-order valence-corrected chi connectivity index (χ3v) is 2.98. The van der Waals surface area contributed by atoms with Gasteiger partial charge in [0, 0.05) is 12.1 Å². The molecule has 3 nitrogen and oxygen atoms in total. The van der Waals surface area contributed by atoms with E-state index in [1.165, 1.54) is 0 Å². The Bertz CT molecular complexity index is 428. The van der Waals surface area contributed by atoms with Crippen molar-refractivity contribution in [1.29, 1.82) is 0 Å². The maximum Gasteiger partial charge on any atom is 0.337 e. The van der Waals surface area contributed by atoms with Crippen LogP contribution in [0.15, 0.2) is 12.3 Å². The van der Waals surface area contributed by atoms with Gasteiger partial charge in [-0.2, -0.15) is 0 Å². The zero-order valence-electron chi connectivity index (χ0n) is 9.95. The number of carboxylic acid groups (broad SMARTS) is 1. The predicted molar refractivity (Wildman–Crippen MR) is 61.9 cm³/mol. The molecule has 1 saturated carbocycles. The van der Waals surface area contributed by atoms with E-state index in [-0.39, 0.29) is 5.41 Å². The van der Waals surface area contributed by atoms with Crippen molar-refractivity contribution in [3.05, 3.63) is 29.1 Å². The molecule has 0 amide bonds. The first-order valence-electron chi connectivity index (χ1n) is 5.63. The van der Waals surface area contributed by atoms with Crippen LogP contribution >= 0.6 is 0 Å². The number of aromatic carboxylic acids is 1. The average Bonchev–Trinajstić information content (AvgIpc) is 2.98. The molecule has 0 saturated heterocycles. The van der Waals surface area contributed by atoms with E-state index in [1.807, 2.05) is 6.20 Å².